The predicted molar refractivity (Wildman–Crippen MR) is 68.0 cm³/mol. The minimum atomic E-state index is -0.316. The Hall–Kier alpha value is -1.17. The van der Waals surface area contributed by atoms with Crippen molar-refractivity contribution in [1.82, 2.24) is 9.88 Å². The number of nitrogens with zero attached hydrogens (tertiary/aromatic N) is 3. The third-order valence-corrected chi connectivity index (χ3v) is 3.22. The number of likely N-dealkylation sites (N-methyl/N-ethyl adjacent to an activating group) is 1. The molecule has 1 atom stereocenters. The molecule has 17 heavy (non-hydrogen) atoms. The van der Waals surface area contributed by atoms with Crippen molar-refractivity contribution >= 4 is 5.82 Å². The summed E-state index contributed by atoms with van der Waals surface area (Å²) < 4.78 is 0. The van der Waals surface area contributed by atoms with Crippen LogP contribution in [0.2, 0.25) is 0 Å². The van der Waals surface area contributed by atoms with E-state index in [1.165, 1.54) is 0 Å². The van der Waals surface area contributed by atoms with E-state index in [2.05, 4.69) is 21.8 Å². The van der Waals surface area contributed by atoms with Crippen molar-refractivity contribution < 1.29 is 5.11 Å². The molecule has 0 amide bonds. The first-order valence-corrected chi connectivity index (χ1v) is 5.96. The quantitative estimate of drug-likeness (QED) is 0.762. The average molecular weight is 236 g/mol. The number of aliphatic hydroxyl groups excluding tert-OH is 1. The molecule has 0 saturated carbocycles. The van der Waals surface area contributed by atoms with E-state index in [1.807, 2.05) is 12.1 Å². The molecule has 1 aliphatic heterocycles. The van der Waals surface area contributed by atoms with Gasteiger partial charge in [0.25, 0.3) is 0 Å². The molecule has 2 heterocycles. The molecule has 0 bridgehead atoms. The van der Waals surface area contributed by atoms with E-state index in [0.29, 0.717) is 0 Å². The first kappa shape index (κ1) is 12.3. The summed E-state index contributed by atoms with van der Waals surface area (Å²) in [5, 5.41) is 9.06. The number of nitrogens with two attached hydrogens (primary N) is 1. The van der Waals surface area contributed by atoms with Crippen LogP contribution in [0.1, 0.15) is 11.6 Å². The maximum absolute atomic E-state index is 9.06. The van der Waals surface area contributed by atoms with Gasteiger partial charge < -0.3 is 20.6 Å². The Morgan fingerprint density at radius 3 is 2.76 bits per heavy atom. The Bertz CT molecular complexity index is 363. The Morgan fingerprint density at radius 2 is 2.12 bits per heavy atom. The van der Waals surface area contributed by atoms with Gasteiger partial charge in [-0.3, -0.25) is 0 Å². The lowest BCUT2D eigenvalue weighted by Gasteiger charge is -2.33. The van der Waals surface area contributed by atoms with Crippen LogP contribution in [0.5, 0.6) is 0 Å². The Kier molecular flexibility index (Phi) is 3.93. The van der Waals surface area contributed by atoms with Crippen LogP contribution in [0.4, 0.5) is 5.82 Å². The Morgan fingerprint density at radius 1 is 1.41 bits per heavy atom. The lowest BCUT2D eigenvalue weighted by molar-refractivity contribution is 0.268. The molecule has 0 aromatic carbocycles. The summed E-state index contributed by atoms with van der Waals surface area (Å²) in [4.78, 5) is 8.94. The highest BCUT2D eigenvalue weighted by Gasteiger charge is 2.16. The summed E-state index contributed by atoms with van der Waals surface area (Å²) in [6, 6.07) is 3.52. The molecule has 3 N–H and O–H groups in total. The number of anilines is 1. The van der Waals surface area contributed by atoms with Crippen molar-refractivity contribution in [3.8, 4) is 0 Å². The van der Waals surface area contributed by atoms with E-state index in [9.17, 15) is 0 Å². The van der Waals surface area contributed by atoms with Crippen LogP contribution in [0.3, 0.4) is 0 Å². The van der Waals surface area contributed by atoms with Crippen LogP contribution in [0, 0.1) is 0 Å². The lowest BCUT2D eigenvalue weighted by Crippen LogP contribution is -2.44. The Balaban J connectivity index is 2.10. The summed E-state index contributed by atoms with van der Waals surface area (Å²) in [7, 11) is 2.13. The van der Waals surface area contributed by atoms with Crippen LogP contribution in [0.25, 0.3) is 0 Å². The van der Waals surface area contributed by atoms with Gasteiger partial charge in [0.15, 0.2) is 0 Å². The Labute approximate surface area is 102 Å². The monoisotopic (exact) mass is 236 g/mol. The van der Waals surface area contributed by atoms with Gasteiger partial charge in [0, 0.05) is 32.4 Å². The molecule has 1 aromatic heterocycles. The highest BCUT2D eigenvalue weighted by Crippen LogP contribution is 2.17. The average Bonchev–Trinajstić information content (AvgIpc) is 2.39. The van der Waals surface area contributed by atoms with Gasteiger partial charge in [0.2, 0.25) is 0 Å². The van der Waals surface area contributed by atoms with Crippen LogP contribution >= 0.6 is 0 Å². The summed E-state index contributed by atoms with van der Waals surface area (Å²) in [5.74, 6) is 0.958. The largest absolute Gasteiger partial charge is 0.394 e. The minimum Gasteiger partial charge on any atom is -0.394 e. The second-order valence-corrected chi connectivity index (χ2v) is 4.53. The molecule has 2 rings (SSSR count). The number of aromatic nitrogens is 1. The fraction of sp³-hybridized carbons (Fsp3) is 0.583. The molecule has 5 nitrogen and oxygen atoms in total. The summed E-state index contributed by atoms with van der Waals surface area (Å²) in [5.41, 5.74) is 6.75. The third-order valence-electron chi connectivity index (χ3n) is 3.22. The molecule has 94 valence electrons. The number of pyridine rings is 1. The lowest BCUT2D eigenvalue weighted by atomic mass is 10.1. The van der Waals surface area contributed by atoms with E-state index in [1.54, 1.807) is 6.20 Å². The van der Waals surface area contributed by atoms with E-state index in [0.717, 1.165) is 37.6 Å². The SMILES string of the molecule is CN1CCN(c2cc(C(N)CO)ccn2)CC1. The molecule has 1 aromatic rings. The van der Waals surface area contributed by atoms with Crippen molar-refractivity contribution in [3.63, 3.8) is 0 Å². The normalized spacial score (nSPS) is 19.4. The summed E-state index contributed by atoms with van der Waals surface area (Å²) in [6.07, 6.45) is 1.76. The molecule has 5 heteroatoms. The van der Waals surface area contributed by atoms with Crippen molar-refractivity contribution in [2.24, 2.45) is 5.73 Å². The van der Waals surface area contributed by atoms with E-state index >= 15 is 0 Å². The highest BCUT2D eigenvalue weighted by atomic mass is 16.3. The maximum atomic E-state index is 9.06. The number of hydrogen-bond acceptors (Lipinski definition) is 5. The smallest absolute Gasteiger partial charge is 0.128 e. The van der Waals surface area contributed by atoms with E-state index in [4.69, 9.17) is 10.8 Å². The molecule has 0 spiro atoms. The minimum absolute atomic E-state index is 0.0355. The van der Waals surface area contributed by atoms with Crippen molar-refractivity contribution in [2.75, 3.05) is 44.7 Å². The van der Waals surface area contributed by atoms with Gasteiger partial charge >= 0.3 is 0 Å². The summed E-state index contributed by atoms with van der Waals surface area (Å²) >= 11 is 0. The number of piperazine rings is 1. The fourth-order valence-electron chi connectivity index (χ4n) is 1.98. The fourth-order valence-corrected chi connectivity index (χ4v) is 1.98. The molecule has 1 fully saturated rings. The van der Waals surface area contributed by atoms with Gasteiger partial charge in [-0.25, -0.2) is 4.98 Å². The van der Waals surface area contributed by atoms with Crippen LogP contribution in [-0.2, 0) is 0 Å². The predicted octanol–water partition coefficient (Wildman–Crippen LogP) is -0.175. The molecular weight excluding hydrogens is 216 g/mol. The van der Waals surface area contributed by atoms with Gasteiger partial charge in [-0.05, 0) is 24.7 Å². The molecule has 0 radical (unpaired) electrons. The zero-order chi connectivity index (χ0) is 12.3. The van der Waals surface area contributed by atoms with Gasteiger partial charge in [-0.1, -0.05) is 0 Å². The molecule has 1 aliphatic rings. The maximum Gasteiger partial charge on any atom is 0.128 e. The zero-order valence-corrected chi connectivity index (χ0v) is 10.2. The van der Waals surface area contributed by atoms with Gasteiger partial charge in [-0.2, -0.15) is 0 Å². The second-order valence-electron chi connectivity index (χ2n) is 4.53. The van der Waals surface area contributed by atoms with Crippen LogP contribution in [-0.4, -0.2) is 54.8 Å². The van der Waals surface area contributed by atoms with E-state index < -0.39 is 0 Å². The molecular formula is C12H20N4O. The van der Waals surface area contributed by atoms with Crippen LogP contribution < -0.4 is 10.6 Å². The van der Waals surface area contributed by atoms with Crippen molar-refractivity contribution in [2.45, 2.75) is 6.04 Å². The van der Waals surface area contributed by atoms with Gasteiger partial charge in [-0.15, -0.1) is 0 Å². The van der Waals surface area contributed by atoms with Gasteiger partial charge in [0.1, 0.15) is 5.82 Å². The van der Waals surface area contributed by atoms with E-state index in [-0.39, 0.29) is 12.6 Å². The molecule has 1 saturated heterocycles. The number of hydrogen-bond donors (Lipinski definition) is 2. The van der Waals surface area contributed by atoms with Gasteiger partial charge in [0.05, 0.1) is 12.6 Å². The van der Waals surface area contributed by atoms with Crippen LogP contribution in [0.15, 0.2) is 18.3 Å². The van der Waals surface area contributed by atoms with Crippen molar-refractivity contribution in [1.29, 1.82) is 0 Å². The first-order valence-electron chi connectivity index (χ1n) is 5.96. The number of aliphatic hydroxyl groups is 1. The topological polar surface area (TPSA) is 65.6 Å². The molecule has 0 aliphatic carbocycles. The molecule has 1 unspecified atom stereocenters. The standard InChI is InChI=1S/C12H20N4O/c1-15-4-6-16(7-5-15)12-8-10(2-3-14-12)11(13)9-17/h2-3,8,11,17H,4-7,9,13H2,1H3. The summed E-state index contributed by atoms with van der Waals surface area (Å²) in [6.45, 7) is 4.05. The highest BCUT2D eigenvalue weighted by molar-refractivity contribution is 5.42. The zero-order valence-electron chi connectivity index (χ0n) is 10.2. The first-order chi connectivity index (χ1) is 8.20. The number of rotatable bonds is 3. The third kappa shape index (κ3) is 2.94. The van der Waals surface area contributed by atoms with Crippen molar-refractivity contribution in [3.05, 3.63) is 23.9 Å². The second kappa shape index (κ2) is 5.44.